The molecule has 1 aromatic carbocycles. The number of hydrogen-bond donors (Lipinski definition) is 0. The highest BCUT2D eigenvalue weighted by atomic mass is 14.7. The van der Waals surface area contributed by atoms with Crippen LogP contribution in [0.1, 0.15) is 25.0 Å². The van der Waals surface area contributed by atoms with Crippen molar-refractivity contribution in [3.05, 3.63) is 66.2 Å². The van der Waals surface area contributed by atoms with Crippen LogP contribution < -0.4 is 0 Å². The van der Waals surface area contributed by atoms with Crippen molar-refractivity contribution < 1.29 is 0 Å². The lowest BCUT2D eigenvalue weighted by molar-refractivity contribution is 0.665. The van der Waals surface area contributed by atoms with Crippen molar-refractivity contribution in [2.75, 3.05) is 0 Å². The Hall–Kier alpha value is -2.81. The Labute approximate surface area is 134 Å². The standard InChI is InChI=1S/C20H15N3/c1-20(2)15-4-3-8-22-19(15)14-5-6-16-17(18(14)20)13-7-9-21-10-12(13)11-23-16/h3-11H,1-2H3. The summed E-state index contributed by atoms with van der Waals surface area (Å²) in [5.74, 6) is 0. The maximum atomic E-state index is 4.65. The SMILES string of the molecule is CC1(C)c2cccnc2-c2ccc3ncc4cnccc4c3c21. The van der Waals surface area contributed by atoms with Gasteiger partial charge in [-0.05, 0) is 34.7 Å². The molecular weight excluding hydrogens is 282 g/mol. The van der Waals surface area contributed by atoms with Crippen molar-refractivity contribution in [2.45, 2.75) is 19.3 Å². The molecular formula is C20H15N3. The van der Waals surface area contributed by atoms with Gasteiger partial charge in [-0.15, -0.1) is 0 Å². The van der Waals surface area contributed by atoms with Crippen molar-refractivity contribution in [3.63, 3.8) is 0 Å². The van der Waals surface area contributed by atoms with E-state index in [-0.39, 0.29) is 5.41 Å². The second-order valence-corrected chi connectivity index (χ2v) is 6.63. The van der Waals surface area contributed by atoms with Gasteiger partial charge in [0.1, 0.15) is 0 Å². The van der Waals surface area contributed by atoms with Crippen molar-refractivity contribution in [1.29, 1.82) is 0 Å². The number of hydrogen-bond acceptors (Lipinski definition) is 3. The summed E-state index contributed by atoms with van der Waals surface area (Å²) in [6.45, 7) is 4.55. The van der Waals surface area contributed by atoms with E-state index < -0.39 is 0 Å². The lowest BCUT2D eigenvalue weighted by Crippen LogP contribution is -2.15. The third kappa shape index (κ3) is 1.51. The predicted octanol–water partition coefficient (Wildman–Crippen LogP) is 4.48. The highest BCUT2D eigenvalue weighted by Gasteiger charge is 2.38. The fraction of sp³-hybridized carbons (Fsp3) is 0.150. The molecule has 3 heterocycles. The zero-order chi connectivity index (χ0) is 15.6. The van der Waals surface area contributed by atoms with Gasteiger partial charge in [-0.25, -0.2) is 0 Å². The van der Waals surface area contributed by atoms with E-state index in [1.807, 2.05) is 30.9 Å². The summed E-state index contributed by atoms with van der Waals surface area (Å²) in [6.07, 6.45) is 7.52. The Bertz CT molecular complexity index is 1100. The molecule has 0 fully saturated rings. The third-order valence-corrected chi connectivity index (χ3v) is 5.01. The number of rotatable bonds is 0. The molecule has 110 valence electrons. The van der Waals surface area contributed by atoms with Crippen LogP contribution in [0.4, 0.5) is 0 Å². The maximum Gasteiger partial charge on any atom is 0.0746 e. The molecule has 0 atom stereocenters. The van der Waals surface area contributed by atoms with Gasteiger partial charge in [0.2, 0.25) is 0 Å². The summed E-state index contributed by atoms with van der Waals surface area (Å²) in [4.78, 5) is 13.5. The molecule has 0 amide bonds. The number of nitrogens with zero attached hydrogens (tertiary/aromatic N) is 3. The second kappa shape index (κ2) is 4.13. The van der Waals surface area contributed by atoms with Gasteiger partial charge in [-0.2, -0.15) is 0 Å². The number of benzene rings is 1. The number of aromatic nitrogens is 3. The molecule has 1 aliphatic carbocycles. The summed E-state index contributed by atoms with van der Waals surface area (Å²) < 4.78 is 0. The van der Waals surface area contributed by atoms with Gasteiger partial charge >= 0.3 is 0 Å². The van der Waals surface area contributed by atoms with Crippen LogP contribution in [0, 0.1) is 0 Å². The molecule has 0 unspecified atom stereocenters. The zero-order valence-corrected chi connectivity index (χ0v) is 13.0. The summed E-state index contributed by atoms with van der Waals surface area (Å²) in [7, 11) is 0. The molecule has 0 radical (unpaired) electrons. The van der Waals surface area contributed by atoms with E-state index in [4.69, 9.17) is 0 Å². The lowest BCUT2D eigenvalue weighted by atomic mass is 9.80. The van der Waals surface area contributed by atoms with E-state index in [2.05, 4.69) is 53.1 Å². The molecule has 3 heteroatoms. The fourth-order valence-electron chi connectivity index (χ4n) is 3.95. The van der Waals surface area contributed by atoms with E-state index in [9.17, 15) is 0 Å². The van der Waals surface area contributed by atoms with E-state index >= 15 is 0 Å². The largest absolute Gasteiger partial charge is 0.264 e. The summed E-state index contributed by atoms with van der Waals surface area (Å²) in [6, 6.07) is 10.6. The average molecular weight is 297 g/mol. The smallest absolute Gasteiger partial charge is 0.0746 e. The first kappa shape index (κ1) is 12.7. The normalized spacial score (nSPS) is 14.9. The highest BCUT2D eigenvalue weighted by molar-refractivity contribution is 6.10. The second-order valence-electron chi connectivity index (χ2n) is 6.63. The van der Waals surface area contributed by atoms with Crippen LogP contribution in [-0.4, -0.2) is 15.0 Å². The van der Waals surface area contributed by atoms with Crippen LogP contribution in [0.3, 0.4) is 0 Å². The van der Waals surface area contributed by atoms with Crippen LogP contribution in [0.25, 0.3) is 32.9 Å². The van der Waals surface area contributed by atoms with Gasteiger partial charge in [0.05, 0.1) is 11.2 Å². The first-order valence-electron chi connectivity index (χ1n) is 7.80. The molecule has 0 aliphatic heterocycles. The van der Waals surface area contributed by atoms with Gasteiger partial charge in [0, 0.05) is 46.5 Å². The van der Waals surface area contributed by atoms with E-state index in [1.165, 1.54) is 27.5 Å². The van der Waals surface area contributed by atoms with Crippen molar-refractivity contribution in [1.82, 2.24) is 15.0 Å². The summed E-state index contributed by atoms with van der Waals surface area (Å²) >= 11 is 0. The number of fused-ring (bicyclic) bond motifs is 7. The Morgan fingerprint density at radius 3 is 2.74 bits per heavy atom. The maximum absolute atomic E-state index is 4.65. The Balaban J connectivity index is 2.04. The molecule has 1 aliphatic rings. The summed E-state index contributed by atoms with van der Waals surface area (Å²) in [5.41, 5.74) is 5.88. The molecule has 5 rings (SSSR count). The predicted molar refractivity (Wildman–Crippen MR) is 92.4 cm³/mol. The minimum absolute atomic E-state index is 0.0856. The van der Waals surface area contributed by atoms with E-state index in [0.717, 1.165) is 16.6 Å². The molecule has 3 nitrogen and oxygen atoms in total. The summed E-state index contributed by atoms with van der Waals surface area (Å²) in [5, 5.41) is 3.52. The minimum Gasteiger partial charge on any atom is -0.264 e. The van der Waals surface area contributed by atoms with Gasteiger partial charge in [0.25, 0.3) is 0 Å². The molecule has 23 heavy (non-hydrogen) atoms. The quantitative estimate of drug-likeness (QED) is 0.449. The topological polar surface area (TPSA) is 38.7 Å². The highest BCUT2D eigenvalue weighted by Crippen LogP contribution is 2.51. The Kier molecular flexibility index (Phi) is 2.28. The van der Waals surface area contributed by atoms with Crippen molar-refractivity contribution >= 4 is 21.7 Å². The molecule has 0 spiro atoms. The third-order valence-electron chi connectivity index (χ3n) is 5.01. The van der Waals surface area contributed by atoms with Gasteiger partial charge < -0.3 is 0 Å². The van der Waals surface area contributed by atoms with Crippen LogP contribution in [0.2, 0.25) is 0 Å². The van der Waals surface area contributed by atoms with E-state index in [0.29, 0.717) is 0 Å². The van der Waals surface area contributed by atoms with Crippen LogP contribution in [0.5, 0.6) is 0 Å². The monoisotopic (exact) mass is 297 g/mol. The molecule has 3 aromatic heterocycles. The molecule has 0 bridgehead atoms. The minimum atomic E-state index is -0.0856. The first-order valence-corrected chi connectivity index (χ1v) is 7.80. The lowest BCUT2D eigenvalue weighted by Gasteiger charge is -2.23. The Morgan fingerprint density at radius 2 is 1.83 bits per heavy atom. The van der Waals surface area contributed by atoms with Gasteiger partial charge in [-0.1, -0.05) is 26.0 Å². The van der Waals surface area contributed by atoms with Crippen LogP contribution in [0.15, 0.2) is 55.1 Å². The van der Waals surface area contributed by atoms with Crippen LogP contribution >= 0.6 is 0 Å². The average Bonchev–Trinajstić information content (AvgIpc) is 2.83. The van der Waals surface area contributed by atoms with Gasteiger partial charge in [-0.3, -0.25) is 15.0 Å². The molecule has 0 N–H and O–H groups in total. The van der Waals surface area contributed by atoms with Crippen molar-refractivity contribution in [3.8, 4) is 11.3 Å². The van der Waals surface area contributed by atoms with Gasteiger partial charge in [0.15, 0.2) is 0 Å². The molecule has 0 saturated heterocycles. The fourth-order valence-corrected chi connectivity index (χ4v) is 3.95. The zero-order valence-electron chi connectivity index (χ0n) is 13.0. The van der Waals surface area contributed by atoms with E-state index in [1.54, 1.807) is 0 Å². The molecule has 0 saturated carbocycles. The molecule has 4 aromatic rings. The van der Waals surface area contributed by atoms with Crippen LogP contribution in [-0.2, 0) is 5.41 Å². The Morgan fingerprint density at radius 1 is 0.913 bits per heavy atom. The number of pyridine rings is 3. The van der Waals surface area contributed by atoms with Crippen molar-refractivity contribution in [2.24, 2.45) is 0 Å². The first-order chi connectivity index (χ1) is 11.2.